The number of hydrogen-bond donors (Lipinski definition) is 2. The molecule has 194 valence electrons. The van der Waals surface area contributed by atoms with Gasteiger partial charge >= 0.3 is 0 Å². The van der Waals surface area contributed by atoms with Gasteiger partial charge in [0.05, 0.1) is 31.7 Å². The lowest BCUT2D eigenvalue weighted by Crippen LogP contribution is -2.31. The Hall–Kier alpha value is -4.38. The Morgan fingerprint density at radius 2 is 1.95 bits per heavy atom. The minimum atomic E-state index is -0.627. The van der Waals surface area contributed by atoms with Crippen LogP contribution in [0.1, 0.15) is 24.1 Å². The van der Waals surface area contributed by atoms with Gasteiger partial charge in [-0.15, -0.1) is 5.10 Å². The van der Waals surface area contributed by atoms with E-state index in [1.54, 1.807) is 67.7 Å². The number of nitrogens with one attached hydrogen (secondary N) is 2. The largest absolute Gasteiger partial charge is 0.493 e. The first kappa shape index (κ1) is 25.3. The standard InChI is InChI=1S/C27H25FN6O3S/c1-16-23(25(35)31-19-8-6-12-29-14-19)24(17-10-11-21(36-2)22(13-17)37-3)34-26(30-16)32-27(33-34)38-15-18-7-4-5-9-20(18)28/h4-14,24H,15H2,1-3H3,(H,31,35)(H,30,32,33)/t24-/m0/s1. The first-order valence-corrected chi connectivity index (χ1v) is 12.7. The predicted octanol–water partition coefficient (Wildman–Crippen LogP) is 5.05. The zero-order chi connectivity index (χ0) is 26.6. The number of carbonyl (C=O) groups excluding carboxylic acids is 1. The van der Waals surface area contributed by atoms with E-state index in [0.29, 0.717) is 50.9 Å². The van der Waals surface area contributed by atoms with Gasteiger partial charge in [-0.2, -0.15) is 4.98 Å². The van der Waals surface area contributed by atoms with Gasteiger partial charge in [-0.05, 0) is 48.4 Å². The summed E-state index contributed by atoms with van der Waals surface area (Å²) in [6.45, 7) is 1.82. The number of anilines is 2. The van der Waals surface area contributed by atoms with Crippen molar-refractivity contribution in [3.05, 3.63) is 95.2 Å². The Kier molecular flexibility index (Phi) is 7.27. The van der Waals surface area contributed by atoms with E-state index in [0.717, 1.165) is 5.56 Å². The zero-order valence-corrected chi connectivity index (χ0v) is 21.8. The number of rotatable bonds is 8. The molecule has 0 saturated heterocycles. The average molecular weight is 533 g/mol. The highest BCUT2D eigenvalue weighted by molar-refractivity contribution is 7.98. The molecule has 4 aromatic rings. The quantitative estimate of drug-likeness (QED) is 0.304. The van der Waals surface area contributed by atoms with Crippen LogP contribution in [0.4, 0.5) is 16.0 Å². The lowest BCUT2D eigenvalue weighted by Gasteiger charge is -2.29. The molecule has 1 atom stereocenters. The second-order valence-electron chi connectivity index (χ2n) is 8.42. The van der Waals surface area contributed by atoms with Crippen LogP contribution in [-0.4, -0.2) is 39.9 Å². The van der Waals surface area contributed by atoms with Gasteiger partial charge in [0.2, 0.25) is 11.1 Å². The van der Waals surface area contributed by atoms with Crippen molar-refractivity contribution in [1.82, 2.24) is 19.7 Å². The number of amides is 1. The third kappa shape index (κ3) is 5.05. The minimum absolute atomic E-state index is 0.280. The van der Waals surface area contributed by atoms with Crippen LogP contribution in [0.2, 0.25) is 0 Å². The summed E-state index contributed by atoms with van der Waals surface area (Å²) in [7, 11) is 3.12. The van der Waals surface area contributed by atoms with Crippen LogP contribution >= 0.6 is 11.8 Å². The predicted molar refractivity (Wildman–Crippen MR) is 143 cm³/mol. The number of methoxy groups -OCH3 is 2. The second kappa shape index (κ2) is 10.9. The van der Waals surface area contributed by atoms with Crippen LogP contribution in [0, 0.1) is 5.82 Å². The molecule has 1 amide bonds. The van der Waals surface area contributed by atoms with Crippen molar-refractivity contribution < 1.29 is 18.7 Å². The van der Waals surface area contributed by atoms with E-state index in [1.165, 1.54) is 17.8 Å². The topological polar surface area (TPSA) is 103 Å². The number of allylic oxidation sites excluding steroid dienone is 1. The van der Waals surface area contributed by atoms with Crippen molar-refractivity contribution >= 4 is 29.3 Å². The maximum absolute atomic E-state index is 14.2. The van der Waals surface area contributed by atoms with Crippen molar-refractivity contribution in [2.75, 3.05) is 24.9 Å². The van der Waals surface area contributed by atoms with E-state index in [9.17, 15) is 9.18 Å². The molecule has 1 aliphatic rings. The van der Waals surface area contributed by atoms with E-state index in [1.807, 2.05) is 19.1 Å². The van der Waals surface area contributed by atoms with Crippen molar-refractivity contribution in [2.45, 2.75) is 23.9 Å². The van der Waals surface area contributed by atoms with E-state index in [4.69, 9.17) is 14.6 Å². The van der Waals surface area contributed by atoms with Gasteiger partial charge in [-0.25, -0.2) is 9.07 Å². The van der Waals surface area contributed by atoms with Gasteiger partial charge in [0, 0.05) is 17.6 Å². The first-order valence-electron chi connectivity index (χ1n) is 11.7. The monoisotopic (exact) mass is 532 g/mol. The fraction of sp³-hybridized carbons (Fsp3) is 0.185. The molecule has 5 rings (SSSR count). The average Bonchev–Trinajstić information content (AvgIpc) is 3.34. The molecule has 0 radical (unpaired) electrons. The molecule has 2 aromatic carbocycles. The van der Waals surface area contributed by atoms with E-state index in [-0.39, 0.29) is 11.7 Å². The summed E-state index contributed by atoms with van der Waals surface area (Å²) in [5.74, 6) is 1.31. The molecule has 0 fully saturated rings. The number of aromatic nitrogens is 4. The maximum atomic E-state index is 14.2. The van der Waals surface area contributed by atoms with E-state index >= 15 is 0 Å². The van der Waals surface area contributed by atoms with E-state index in [2.05, 4.69) is 20.6 Å². The summed E-state index contributed by atoms with van der Waals surface area (Å²) < 4.78 is 26.8. The molecule has 1 aliphatic heterocycles. The fourth-order valence-corrected chi connectivity index (χ4v) is 5.03. The lowest BCUT2D eigenvalue weighted by molar-refractivity contribution is -0.113. The number of ether oxygens (including phenoxy) is 2. The molecule has 0 saturated carbocycles. The van der Waals surface area contributed by atoms with Crippen LogP contribution in [0.5, 0.6) is 11.5 Å². The Morgan fingerprint density at radius 1 is 1.13 bits per heavy atom. The van der Waals surface area contributed by atoms with Gasteiger partial charge in [0.1, 0.15) is 11.9 Å². The van der Waals surface area contributed by atoms with Crippen molar-refractivity contribution in [3.63, 3.8) is 0 Å². The molecule has 0 bridgehead atoms. The number of nitrogens with zero attached hydrogens (tertiary/aromatic N) is 4. The minimum Gasteiger partial charge on any atom is -0.493 e. The van der Waals surface area contributed by atoms with E-state index < -0.39 is 6.04 Å². The number of pyridine rings is 1. The van der Waals surface area contributed by atoms with Crippen LogP contribution in [0.15, 0.2) is 83.4 Å². The van der Waals surface area contributed by atoms with Crippen LogP contribution in [-0.2, 0) is 10.5 Å². The highest BCUT2D eigenvalue weighted by atomic mass is 32.2. The number of benzene rings is 2. The molecule has 0 spiro atoms. The zero-order valence-electron chi connectivity index (χ0n) is 20.9. The Bertz CT molecular complexity index is 1510. The summed E-state index contributed by atoms with van der Waals surface area (Å²) >= 11 is 1.31. The van der Waals surface area contributed by atoms with Crippen molar-refractivity contribution in [3.8, 4) is 11.5 Å². The summed E-state index contributed by atoms with van der Waals surface area (Å²) in [6.07, 6.45) is 3.21. The van der Waals surface area contributed by atoms with Crippen molar-refractivity contribution in [1.29, 1.82) is 0 Å². The lowest BCUT2D eigenvalue weighted by atomic mass is 9.94. The number of carbonyl (C=O) groups is 1. The Balaban J connectivity index is 1.54. The molecule has 2 N–H and O–H groups in total. The van der Waals surface area contributed by atoms with Gasteiger partial charge in [0.15, 0.2) is 11.5 Å². The van der Waals surface area contributed by atoms with Gasteiger partial charge in [-0.3, -0.25) is 9.78 Å². The van der Waals surface area contributed by atoms with Gasteiger partial charge in [-0.1, -0.05) is 36.0 Å². The van der Waals surface area contributed by atoms with Crippen LogP contribution in [0.25, 0.3) is 0 Å². The smallest absolute Gasteiger partial charge is 0.255 e. The summed E-state index contributed by atoms with van der Waals surface area (Å²) in [4.78, 5) is 22.3. The molecule has 3 heterocycles. The van der Waals surface area contributed by atoms with Crippen molar-refractivity contribution in [2.24, 2.45) is 0 Å². The normalized spacial score (nSPS) is 14.5. The fourth-order valence-electron chi connectivity index (χ4n) is 4.21. The first-order chi connectivity index (χ1) is 18.5. The maximum Gasteiger partial charge on any atom is 0.255 e. The summed E-state index contributed by atoms with van der Waals surface area (Å²) in [6, 6.07) is 15.0. The highest BCUT2D eigenvalue weighted by Gasteiger charge is 2.35. The Labute approximate surface area is 223 Å². The van der Waals surface area contributed by atoms with Gasteiger partial charge < -0.3 is 20.1 Å². The highest BCUT2D eigenvalue weighted by Crippen LogP contribution is 2.40. The number of halogens is 1. The van der Waals surface area contributed by atoms with Crippen LogP contribution < -0.4 is 20.1 Å². The SMILES string of the molecule is COc1ccc([C@H]2C(C(=O)Nc3cccnc3)=C(C)Nc3nc(SCc4ccccc4F)nn32)cc1OC. The molecule has 11 heteroatoms. The number of hydrogen-bond acceptors (Lipinski definition) is 8. The third-order valence-electron chi connectivity index (χ3n) is 6.04. The summed E-state index contributed by atoms with van der Waals surface area (Å²) in [5.41, 5.74) is 2.94. The number of fused-ring (bicyclic) bond motifs is 1. The van der Waals surface area contributed by atoms with Gasteiger partial charge in [0.25, 0.3) is 5.91 Å². The molecular weight excluding hydrogens is 507 g/mol. The number of thioether (sulfide) groups is 1. The molecule has 9 nitrogen and oxygen atoms in total. The Morgan fingerprint density at radius 3 is 2.68 bits per heavy atom. The summed E-state index contributed by atoms with van der Waals surface area (Å²) in [5, 5.41) is 11.3. The molecule has 0 unspecified atom stereocenters. The molecule has 0 aliphatic carbocycles. The molecule has 38 heavy (non-hydrogen) atoms. The second-order valence-corrected chi connectivity index (χ2v) is 9.36. The molecule has 2 aromatic heterocycles. The third-order valence-corrected chi connectivity index (χ3v) is 6.92. The van der Waals surface area contributed by atoms with Crippen LogP contribution in [0.3, 0.4) is 0 Å². The molecular formula is C27H25FN6O3S.